The largest absolute Gasteiger partial charge is 0.345 e. The Balaban J connectivity index is 2.18. The first-order valence-corrected chi connectivity index (χ1v) is 6.79. The zero-order chi connectivity index (χ0) is 15.4. The highest BCUT2D eigenvalue weighted by Gasteiger charge is 2.19. The Morgan fingerprint density at radius 2 is 1.38 bits per heavy atom. The molecule has 110 valence electrons. The van der Waals surface area contributed by atoms with Crippen molar-refractivity contribution in [3.63, 3.8) is 0 Å². The van der Waals surface area contributed by atoms with E-state index in [1.807, 2.05) is 13.8 Å². The van der Waals surface area contributed by atoms with Crippen LogP contribution in [0.4, 0.5) is 8.78 Å². The summed E-state index contributed by atoms with van der Waals surface area (Å²) in [7, 11) is 0. The molecule has 0 aromatic heterocycles. The van der Waals surface area contributed by atoms with E-state index in [9.17, 15) is 13.6 Å². The third-order valence-corrected chi connectivity index (χ3v) is 3.29. The van der Waals surface area contributed by atoms with Crippen molar-refractivity contribution in [3.05, 3.63) is 71.3 Å². The van der Waals surface area contributed by atoms with Gasteiger partial charge < -0.3 is 5.32 Å². The molecule has 0 aliphatic rings. The fraction of sp³-hybridized carbons (Fsp3) is 0.235. The maximum Gasteiger partial charge on any atom is 0.251 e. The number of carbonyl (C=O) groups is 1. The highest BCUT2D eigenvalue weighted by Crippen LogP contribution is 2.22. The Bertz CT molecular complexity index is 606. The molecule has 1 amide bonds. The number of benzene rings is 2. The van der Waals surface area contributed by atoms with Crippen LogP contribution in [-0.2, 0) is 0 Å². The average Bonchev–Trinajstić information content (AvgIpc) is 2.46. The van der Waals surface area contributed by atoms with Gasteiger partial charge in [-0.25, -0.2) is 8.78 Å². The Kier molecular flexibility index (Phi) is 4.68. The first-order valence-electron chi connectivity index (χ1n) is 6.79. The number of nitrogens with one attached hydrogen (secondary N) is 1. The van der Waals surface area contributed by atoms with E-state index in [1.165, 1.54) is 36.4 Å². The third-order valence-electron chi connectivity index (χ3n) is 3.29. The summed E-state index contributed by atoms with van der Waals surface area (Å²) in [6.45, 7) is 3.94. The lowest BCUT2D eigenvalue weighted by Crippen LogP contribution is -2.31. The van der Waals surface area contributed by atoms with Crippen molar-refractivity contribution in [1.29, 1.82) is 0 Å². The molecule has 4 heteroatoms. The minimum atomic E-state index is -0.384. The van der Waals surface area contributed by atoms with Gasteiger partial charge in [0.25, 0.3) is 5.91 Å². The molecule has 21 heavy (non-hydrogen) atoms. The summed E-state index contributed by atoms with van der Waals surface area (Å²) in [5.41, 5.74) is 1.23. The smallest absolute Gasteiger partial charge is 0.251 e. The van der Waals surface area contributed by atoms with Gasteiger partial charge in [-0.1, -0.05) is 26.0 Å². The van der Waals surface area contributed by atoms with E-state index < -0.39 is 0 Å². The molecule has 2 nitrogen and oxygen atoms in total. The molecule has 0 saturated carbocycles. The number of rotatable bonds is 4. The second-order valence-corrected chi connectivity index (χ2v) is 5.25. The molecule has 0 saturated heterocycles. The molecule has 0 spiro atoms. The van der Waals surface area contributed by atoms with Crippen LogP contribution in [0.15, 0.2) is 48.5 Å². The van der Waals surface area contributed by atoms with E-state index >= 15 is 0 Å². The first kappa shape index (κ1) is 15.2. The van der Waals surface area contributed by atoms with E-state index in [4.69, 9.17) is 0 Å². The Morgan fingerprint density at radius 1 is 0.905 bits per heavy atom. The summed E-state index contributed by atoms with van der Waals surface area (Å²) in [5, 5.41) is 2.90. The van der Waals surface area contributed by atoms with Gasteiger partial charge in [0, 0.05) is 5.56 Å². The quantitative estimate of drug-likeness (QED) is 0.902. The summed E-state index contributed by atoms with van der Waals surface area (Å²) in [5.74, 6) is -0.838. The van der Waals surface area contributed by atoms with Crippen molar-refractivity contribution >= 4 is 5.91 Å². The van der Waals surface area contributed by atoms with Crippen molar-refractivity contribution in [2.75, 3.05) is 0 Å². The second kappa shape index (κ2) is 6.48. The van der Waals surface area contributed by atoms with Crippen molar-refractivity contribution in [1.82, 2.24) is 5.32 Å². The third kappa shape index (κ3) is 3.88. The standard InChI is InChI=1S/C17H17F2NO/c1-11(2)16(12-3-7-14(18)8-4-12)20-17(21)13-5-9-15(19)10-6-13/h3-11,16H,1-2H3,(H,20,21)/t16-/m1/s1. The molecule has 0 heterocycles. The number of amides is 1. The molecule has 0 bridgehead atoms. The van der Waals surface area contributed by atoms with Crippen LogP contribution in [0.5, 0.6) is 0 Å². The monoisotopic (exact) mass is 289 g/mol. The lowest BCUT2D eigenvalue weighted by atomic mass is 9.95. The summed E-state index contributed by atoms with van der Waals surface area (Å²) in [6, 6.07) is 11.2. The maximum atomic E-state index is 13.0. The molecule has 0 fully saturated rings. The van der Waals surface area contributed by atoms with Crippen molar-refractivity contribution in [3.8, 4) is 0 Å². The van der Waals surface area contributed by atoms with Crippen LogP contribution in [0, 0.1) is 17.6 Å². The van der Waals surface area contributed by atoms with Gasteiger partial charge in [-0.3, -0.25) is 4.79 Å². The molecular formula is C17H17F2NO. The number of halogens is 2. The summed E-state index contributed by atoms with van der Waals surface area (Å²) in [4.78, 5) is 12.2. The highest BCUT2D eigenvalue weighted by atomic mass is 19.1. The van der Waals surface area contributed by atoms with E-state index in [-0.39, 0.29) is 29.5 Å². The van der Waals surface area contributed by atoms with Crippen LogP contribution < -0.4 is 5.32 Å². The van der Waals surface area contributed by atoms with E-state index in [2.05, 4.69) is 5.32 Å². The van der Waals surface area contributed by atoms with Gasteiger partial charge in [-0.05, 0) is 47.9 Å². The first-order chi connectivity index (χ1) is 9.97. The molecule has 0 radical (unpaired) electrons. The maximum absolute atomic E-state index is 13.0. The summed E-state index contributed by atoms with van der Waals surface area (Å²) in [6.07, 6.45) is 0. The van der Waals surface area contributed by atoms with Gasteiger partial charge in [0.2, 0.25) is 0 Å². The molecule has 2 aromatic carbocycles. The van der Waals surface area contributed by atoms with Gasteiger partial charge in [-0.15, -0.1) is 0 Å². The van der Waals surface area contributed by atoms with E-state index in [0.717, 1.165) is 5.56 Å². The van der Waals surface area contributed by atoms with Gasteiger partial charge in [-0.2, -0.15) is 0 Å². The average molecular weight is 289 g/mol. The van der Waals surface area contributed by atoms with Crippen LogP contribution in [-0.4, -0.2) is 5.91 Å². The Labute approximate surface area is 122 Å². The summed E-state index contributed by atoms with van der Waals surface area (Å²) < 4.78 is 25.9. The van der Waals surface area contributed by atoms with Crippen molar-refractivity contribution < 1.29 is 13.6 Å². The van der Waals surface area contributed by atoms with Gasteiger partial charge in [0.1, 0.15) is 11.6 Å². The molecule has 0 aliphatic heterocycles. The molecule has 2 aromatic rings. The molecule has 0 aliphatic carbocycles. The summed E-state index contributed by atoms with van der Waals surface area (Å²) >= 11 is 0. The van der Waals surface area contributed by atoms with E-state index in [0.29, 0.717) is 5.56 Å². The van der Waals surface area contributed by atoms with Crippen LogP contribution >= 0.6 is 0 Å². The van der Waals surface area contributed by atoms with Gasteiger partial charge in [0.15, 0.2) is 0 Å². The zero-order valence-electron chi connectivity index (χ0n) is 11.9. The predicted octanol–water partition coefficient (Wildman–Crippen LogP) is 4.09. The van der Waals surface area contributed by atoms with Gasteiger partial charge in [0.05, 0.1) is 6.04 Å². The van der Waals surface area contributed by atoms with Crippen molar-refractivity contribution in [2.45, 2.75) is 19.9 Å². The molecule has 2 rings (SSSR count). The molecular weight excluding hydrogens is 272 g/mol. The minimum absolute atomic E-state index is 0.139. The Hall–Kier alpha value is -2.23. The van der Waals surface area contributed by atoms with Crippen LogP contribution in [0.25, 0.3) is 0 Å². The number of hydrogen-bond acceptors (Lipinski definition) is 1. The lowest BCUT2D eigenvalue weighted by Gasteiger charge is -2.23. The van der Waals surface area contributed by atoms with Crippen LogP contribution in [0.1, 0.15) is 35.8 Å². The van der Waals surface area contributed by atoms with Crippen molar-refractivity contribution in [2.24, 2.45) is 5.92 Å². The molecule has 1 N–H and O–H groups in total. The fourth-order valence-corrected chi connectivity index (χ4v) is 2.13. The number of hydrogen-bond donors (Lipinski definition) is 1. The normalized spacial score (nSPS) is 12.2. The van der Waals surface area contributed by atoms with Crippen LogP contribution in [0.2, 0.25) is 0 Å². The SMILES string of the molecule is CC(C)[C@@H](NC(=O)c1ccc(F)cc1)c1ccc(F)cc1. The second-order valence-electron chi connectivity index (χ2n) is 5.25. The van der Waals surface area contributed by atoms with Crippen LogP contribution in [0.3, 0.4) is 0 Å². The molecule has 0 unspecified atom stereocenters. The Morgan fingerprint density at radius 3 is 1.86 bits per heavy atom. The zero-order valence-corrected chi connectivity index (χ0v) is 11.9. The highest BCUT2D eigenvalue weighted by molar-refractivity contribution is 5.94. The molecule has 1 atom stereocenters. The lowest BCUT2D eigenvalue weighted by molar-refractivity contribution is 0.0925. The number of carbonyl (C=O) groups excluding carboxylic acids is 1. The van der Waals surface area contributed by atoms with Gasteiger partial charge >= 0.3 is 0 Å². The predicted molar refractivity (Wildman–Crippen MR) is 77.8 cm³/mol. The topological polar surface area (TPSA) is 29.1 Å². The fourth-order valence-electron chi connectivity index (χ4n) is 2.13. The minimum Gasteiger partial charge on any atom is -0.345 e. The van der Waals surface area contributed by atoms with E-state index in [1.54, 1.807) is 12.1 Å².